The molecule has 0 saturated heterocycles. The molecular weight excluding hydrogens is 331 g/mol. The third kappa shape index (κ3) is 4.72. The Kier molecular flexibility index (Phi) is 5.88. The SMILES string of the molecule is COCCC(C)(C)CNc1cc(F)c(Br)cc1[N+](=O)[O-]. The topological polar surface area (TPSA) is 64.4 Å². The van der Waals surface area contributed by atoms with Crippen LogP contribution in [0.5, 0.6) is 0 Å². The highest BCUT2D eigenvalue weighted by molar-refractivity contribution is 9.10. The number of ether oxygens (including phenoxy) is 1. The van der Waals surface area contributed by atoms with Crippen molar-refractivity contribution in [3.8, 4) is 0 Å². The summed E-state index contributed by atoms with van der Waals surface area (Å²) in [6.45, 7) is 5.11. The second-order valence-corrected chi connectivity index (χ2v) is 6.16. The fourth-order valence-corrected chi connectivity index (χ4v) is 1.96. The first-order valence-corrected chi connectivity index (χ1v) is 6.92. The van der Waals surface area contributed by atoms with E-state index in [1.807, 2.05) is 13.8 Å². The normalized spacial score (nSPS) is 11.4. The van der Waals surface area contributed by atoms with E-state index < -0.39 is 10.7 Å². The van der Waals surface area contributed by atoms with Crippen LogP contribution < -0.4 is 5.32 Å². The van der Waals surface area contributed by atoms with Gasteiger partial charge >= 0.3 is 0 Å². The zero-order valence-corrected chi connectivity index (χ0v) is 13.3. The van der Waals surface area contributed by atoms with Crippen LogP contribution in [0.4, 0.5) is 15.8 Å². The third-order valence-electron chi connectivity index (χ3n) is 2.98. The maximum absolute atomic E-state index is 13.5. The lowest BCUT2D eigenvalue weighted by Gasteiger charge is -2.25. The Morgan fingerprint density at radius 3 is 2.70 bits per heavy atom. The minimum Gasteiger partial charge on any atom is -0.385 e. The summed E-state index contributed by atoms with van der Waals surface area (Å²) in [5.74, 6) is -0.534. The van der Waals surface area contributed by atoms with Crippen LogP contribution in [0.1, 0.15) is 20.3 Å². The van der Waals surface area contributed by atoms with Gasteiger partial charge in [-0.1, -0.05) is 13.8 Å². The van der Waals surface area contributed by atoms with Gasteiger partial charge in [0, 0.05) is 32.4 Å². The Bertz CT molecular complexity index is 495. The zero-order valence-electron chi connectivity index (χ0n) is 11.7. The molecule has 0 heterocycles. The summed E-state index contributed by atoms with van der Waals surface area (Å²) >= 11 is 2.95. The van der Waals surface area contributed by atoms with Gasteiger partial charge in [0.25, 0.3) is 5.69 Å². The molecule has 0 aliphatic carbocycles. The molecule has 0 atom stereocenters. The van der Waals surface area contributed by atoms with E-state index >= 15 is 0 Å². The number of nitrogens with zero attached hydrogens (tertiary/aromatic N) is 1. The van der Waals surface area contributed by atoms with Crippen LogP contribution in [0.15, 0.2) is 16.6 Å². The van der Waals surface area contributed by atoms with E-state index in [9.17, 15) is 14.5 Å². The van der Waals surface area contributed by atoms with E-state index in [-0.39, 0.29) is 21.3 Å². The number of nitro benzene ring substituents is 1. The maximum Gasteiger partial charge on any atom is 0.293 e. The van der Waals surface area contributed by atoms with Gasteiger partial charge in [-0.3, -0.25) is 10.1 Å². The van der Waals surface area contributed by atoms with Gasteiger partial charge in [0.15, 0.2) is 0 Å². The van der Waals surface area contributed by atoms with Gasteiger partial charge in [0.1, 0.15) is 11.5 Å². The van der Waals surface area contributed by atoms with Crippen molar-refractivity contribution in [2.45, 2.75) is 20.3 Å². The number of hydrogen-bond donors (Lipinski definition) is 1. The Labute approximate surface area is 125 Å². The predicted molar refractivity (Wildman–Crippen MR) is 79.5 cm³/mol. The molecule has 0 spiro atoms. The molecule has 20 heavy (non-hydrogen) atoms. The maximum atomic E-state index is 13.5. The van der Waals surface area contributed by atoms with Crippen molar-refractivity contribution in [3.63, 3.8) is 0 Å². The van der Waals surface area contributed by atoms with E-state index in [0.29, 0.717) is 13.2 Å². The lowest BCUT2D eigenvalue weighted by atomic mass is 9.89. The molecule has 0 unspecified atom stereocenters. The lowest BCUT2D eigenvalue weighted by Crippen LogP contribution is -2.25. The summed E-state index contributed by atoms with van der Waals surface area (Å²) < 4.78 is 18.6. The molecule has 0 aromatic heterocycles. The summed E-state index contributed by atoms with van der Waals surface area (Å²) in [6.07, 6.45) is 0.795. The van der Waals surface area contributed by atoms with Crippen molar-refractivity contribution in [1.82, 2.24) is 0 Å². The van der Waals surface area contributed by atoms with Crippen molar-refractivity contribution in [1.29, 1.82) is 0 Å². The molecule has 0 aliphatic rings. The summed E-state index contributed by atoms with van der Waals surface area (Å²) in [7, 11) is 1.62. The van der Waals surface area contributed by atoms with E-state index in [1.165, 1.54) is 6.07 Å². The Balaban J connectivity index is 2.86. The Morgan fingerprint density at radius 1 is 1.50 bits per heavy atom. The van der Waals surface area contributed by atoms with Crippen LogP contribution in [0.25, 0.3) is 0 Å². The van der Waals surface area contributed by atoms with Crippen molar-refractivity contribution < 1.29 is 14.1 Å². The summed E-state index contributed by atoms with van der Waals surface area (Å²) in [5.41, 5.74) is -0.0880. The molecule has 0 radical (unpaired) electrons. The average Bonchev–Trinajstić information content (AvgIpc) is 2.37. The minimum absolute atomic E-state index is 0.0772. The first kappa shape index (κ1) is 16.8. The minimum atomic E-state index is -0.534. The van der Waals surface area contributed by atoms with Gasteiger partial charge in [-0.25, -0.2) is 4.39 Å². The molecule has 0 bridgehead atoms. The van der Waals surface area contributed by atoms with Crippen molar-refractivity contribution in [2.24, 2.45) is 5.41 Å². The van der Waals surface area contributed by atoms with Gasteiger partial charge in [-0.2, -0.15) is 0 Å². The van der Waals surface area contributed by atoms with Crippen LogP contribution in [0.2, 0.25) is 0 Å². The number of nitro groups is 1. The lowest BCUT2D eigenvalue weighted by molar-refractivity contribution is -0.384. The monoisotopic (exact) mass is 348 g/mol. The molecule has 0 fully saturated rings. The van der Waals surface area contributed by atoms with E-state index in [1.54, 1.807) is 7.11 Å². The van der Waals surface area contributed by atoms with Crippen LogP contribution >= 0.6 is 15.9 Å². The van der Waals surface area contributed by atoms with Crippen LogP contribution in [-0.4, -0.2) is 25.2 Å². The number of hydrogen-bond acceptors (Lipinski definition) is 4. The number of methoxy groups -OCH3 is 1. The van der Waals surface area contributed by atoms with Gasteiger partial charge < -0.3 is 10.1 Å². The van der Waals surface area contributed by atoms with Crippen molar-refractivity contribution in [3.05, 3.63) is 32.5 Å². The van der Waals surface area contributed by atoms with E-state index in [2.05, 4.69) is 21.2 Å². The number of benzene rings is 1. The fraction of sp³-hybridized carbons (Fsp3) is 0.538. The zero-order chi connectivity index (χ0) is 15.3. The highest BCUT2D eigenvalue weighted by Gasteiger charge is 2.21. The predicted octanol–water partition coefficient (Wildman–Crippen LogP) is 3.97. The van der Waals surface area contributed by atoms with Gasteiger partial charge in [-0.05, 0) is 27.8 Å². The second-order valence-electron chi connectivity index (χ2n) is 5.30. The first-order chi connectivity index (χ1) is 9.26. The molecule has 7 heteroatoms. The van der Waals surface area contributed by atoms with Gasteiger partial charge in [0.2, 0.25) is 0 Å². The summed E-state index contributed by atoms with van der Waals surface area (Å²) in [5, 5.41) is 13.9. The van der Waals surface area contributed by atoms with E-state index in [4.69, 9.17) is 4.74 Å². The van der Waals surface area contributed by atoms with Crippen molar-refractivity contribution in [2.75, 3.05) is 25.6 Å². The van der Waals surface area contributed by atoms with Crippen LogP contribution in [0.3, 0.4) is 0 Å². The molecule has 1 N–H and O–H groups in total. The first-order valence-electron chi connectivity index (χ1n) is 6.13. The largest absolute Gasteiger partial charge is 0.385 e. The molecule has 0 amide bonds. The average molecular weight is 349 g/mol. The third-order valence-corrected chi connectivity index (χ3v) is 3.58. The number of anilines is 1. The highest BCUT2D eigenvalue weighted by Crippen LogP contribution is 2.32. The highest BCUT2D eigenvalue weighted by atomic mass is 79.9. The molecular formula is C13H18BrFN2O3. The quantitative estimate of drug-likeness (QED) is 0.598. The summed E-state index contributed by atoms with van der Waals surface area (Å²) in [6, 6.07) is 2.30. The molecule has 0 saturated carbocycles. The van der Waals surface area contributed by atoms with E-state index in [0.717, 1.165) is 12.5 Å². The number of nitrogens with one attached hydrogen (secondary N) is 1. The Morgan fingerprint density at radius 2 is 2.15 bits per heavy atom. The van der Waals surface area contributed by atoms with Crippen LogP contribution in [0, 0.1) is 21.3 Å². The van der Waals surface area contributed by atoms with Gasteiger partial charge in [-0.15, -0.1) is 0 Å². The summed E-state index contributed by atoms with van der Waals surface area (Å²) in [4.78, 5) is 10.5. The second kappa shape index (κ2) is 6.99. The molecule has 112 valence electrons. The standard InChI is InChI=1S/C13H18BrFN2O3/c1-13(2,4-5-20-3)8-16-11-7-10(15)9(14)6-12(11)17(18)19/h6-7,16H,4-5,8H2,1-3H3. The van der Waals surface area contributed by atoms with Crippen LogP contribution in [-0.2, 0) is 4.74 Å². The molecule has 1 rings (SSSR count). The fourth-order valence-electron chi connectivity index (χ4n) is 1.63. The van der Waals surface area contributed by atoms with Gasteiger partial charge in [0.05, 0.1) is 9.40 Å². The molecule has 1 aromatic carbocycles. The number of rotatable bonds is 7. The molecule has 1 aromatic rings. The molecule has 5 nitrogen and oxygen atoms in total. The molecule has 0 aliphatic heterocycles. The van der Waals surface area contributed by atoms with Crippen molar-refractivity contribution >= 4 is 27.3 Å². The number of halogens is 2. The smallest absolute Gasteiger partial charge is 0.293 e. The Hall–Kier alpha value is -1.21.